The fourth-order valence-electron chi connectivity index (χ4n) is 1.57. The van der Waals surface area contributed by atoms with Gasteiger partial charge in [0.25, 0.3) is 0 Å². The summed E-state index contributed by atoms with van der Waals surface area (Å²) in [7, 11) is 0. The van der Waals surface area contributed by atoms with Gasteiger partial charge in [0, 0.05) is 0 Å². The van der Waals surface area contributed by atoms with Crippen molar-refractivity contribution < 1.29 is 14.2 Å². The first-order valence-corrected chi connectivity index (χ1v) is 5.85. The molecule has 1 N–H and O–H groups in total. The van der Waals surface area contributed by atoms with E-state index in [0.717, 1.165) is 11.1 Å². The normalized spacial score (nSPS) is 9.58. The van der Waals surface area contributed by atoms with Gasteiger partial charge in [-0.15, -0.1) is 0 Å². The van der Waals surface area contributed by atoms with Crippen LogP contribution in [0.3, 0.4) is 0 Å². The van der Waals surface area contributed by atoms with E-state index in [-0.39, 0.29) is 12.4 Å². The number of aliphatic hydroxyl groups excluding tert-OH is 1. The summed E-state index contributed by atoms with van der Waals surface area (Å²) in [5, 5.41) is 8.70. The third-order valence-corrected chi connectivity index (χ3v) is 2.50. The first-order chi connectivity index (χ1) is 9.29. The molecule has 0 fully saturated rings. The molecule has 0 aliphatic heterocycles. The highest BCUT2D eigenvalue weighted by atomic mass is 19.1. The molecule has 2 aromatic carbocycles. The molecule has 0 aromatic heterocycles. The maximum atomic E-state index is 12.8. The highest BCUT2D eigenvalue weighted by molar-refractivity contribution is 5.46. The number of halogens is 1. The van der Waals surface area contributed by atoms with Crippen LogP contribution in [0.25, 0.3) is 0 Å². The van der Waals surface area contributed by atoms with Crippen LogP contribution in [-0.4, -0.2) is 11.7 Å². The summed E-state index contributed by atoms with van der Waals surface area (Å²) in [6, 6.07) is 13.5. The average molecular weight is 256 g/mol. The van der Waals surface area contributed by atoms with Crippen molar-refractivity contribution >= 4 is 0 Å². The van der Waals surface area contributed by atoms with E-state index in [1.165, 1.54) is 12.1 Å². The van der Waals surface area contributed by atoms with Crippen LogP contribution in [0.15, 0.2) is 48.5 Å². The van der Waals surface area contributed by atoms with Gasteiger partial charge in [0.05, 0.1) is 5.56 Å². The maximum absolute atomic E-state index is 12.8. The minimum Gasteiger partial charge on any atom is -0.488 e. The van der Waals surface area contributed by atoms with Crippen molar-refractivity contribution in [3.63, 3.8) is 0 Å². The van der Waals surface area contributed by atoms with E-state index >= 15 is 0 Å². The van der Waals surface area contributed by atoms with Crippen LogP contribution in [0.1, 0.15) is 11.1 Å². The number of aliphatic hydroxyl groups is 1. The molecular weight excluding hydrogens is 243 g/mol. The standard InChI is InChI=1S/C16H13FO2/c17-15-9-7-13(8-10-15)12-19-16-6-2-1-4-14(16)5-3-11-18/h1-2,4,6-10,18H,11-12H2. The average Bonchev–Trinajstić information content (AvgIpc) is 2.45. The number of benzene rings is 2. The molecule has 0 heterocycles. The van der Waals surface area contributed by atoms with E-state index in [1.807, 2.05) is 24.3 Å². The Bertz CT molecular complexity index is 594. The van der Waals surface area contributed by atoms with E-state index in [2.05, 4.69) is 11.8 Å². The largest absolute Gasteiger partial charge is 0.488 e. The van der Waals surface area contributed by atoms with Crippen molar-refractivity contribution in [1.29, 1.82) is 0 Å². The van der Waals surface area contributed by atoms with Gasteiger partial charge < -0.3 is 9.84 Å². The summed E-state index contributed by atoms with van der Waals surface area (Å²) in [6.45, 7) is 0.157. The van der Waals surface area contributed by atoms with Crippen LogP contribution < -0.4 is 4.74 Å². The summed E-state index contributed by atoms with van der Waals surface area (Å²) in [5.74, 6) is 5.79. The molecule has 2 nitrogen and oxygen atoms in total. The smallest absolute Gasteiger partial charge is 0.135 e. The zero-order valence-corrected chi connectivity index (χ0v) is 10.3. The first kappa shape index (κ1) is 13.1. The van der Waals surface area contributed by atoms with Crippen molar-refractivity contribution in [2.75, 3.05) is 6.61 Å². The molecule has 2 rings (SSSR count). The predicted octanol–water partition coefficient (Wildman–Crippen LogP) is 2.75. The van der Waals surface area contributed by atoms with Crippen molar-refractivity contribution in [2.24, 2.45) is 0 Å². The minimum absolute atomic E-state index is 0.188. The van der Waals surface area contributed by atoms with Gasteiger partial charge in [0.2, 0.25) is 0 Å². The van der Waals surface area contributed by atoms with E-state index in [4.69, 9.17) is 9.84 Å². The Morgan fingerprint density at radius 3 is 2.53 bits per heavy atom. The van der Waals surface area contributed by atoms with Gasteiger partial charge in [-0.05, 0) is 29.8 Å². The van der Waals surface area contributed by atoms with Crippen LogP contribution in [0.4, 0.5) is 4.39 Å². The molecular formula is C16H13FO2. The molecule has 0 aliphatic carbocycles. The summed E-state index contributed by atoms with van der Waals surface area (Å²) in [6.07, 6.45) is 0. The van der Waals surface area contributed by atoms with Crippen LogP contribution in [0.2, 0.25) is 0 Å². The number of hydrogen-bond donors (Lipinski definition) is 1. The molecule has 0 atom stereocenters. The molecule has 0 amide bonds. The van der Waals surface area contributed by atoms with Gasteiger partial charge in [-0.1, -0.05) is 36.1 Å². The number of ether oxygens (including phenoxy) is 1. The van der Waals surface area contributed by atoms with E-state index in [1.54, 1.807) is 12.1 Å². The van der Waals surface area contributed by atoms with E-state index in [9.17, 15) is 4.39 Å². The first-order valence-electron chi connectivity index (χ1n) is 5.85. The van der Waals surface area contributed by atoms with Crippen molar-refractivity contribution in [3.05, 3.63) is 65.5 Å². The van der Waals surface area contributed by atoms with E-state index in [0.29, 0.717) is 12.4 Å². The van der Waals surface area contributed by atoms with Crippen LogP contribution in [0, 0.1) is 17.7 Å². The Morgan fingerprint density at radius 2 is 1.79 bits per heavy atom. The topological polar surface area (TPSA) is 29.5 Å². The van der Waals surface area contributed by atoms with Crippen molar-refractivity contribution in [1.82, 2.24) is 0 Å². The Labute approximate surface area is 111 Å². The number of para-hydroxylation sites is 1. The lowest BCUT2D eigenvalue weighted by molar-refractivity contribution is 0.305. The molecule has 19 heavy (non-hydrogen) atoms. The number of rotatable bonds is 3. The second-order valence-electron chi connectivity index (χ2n) is 3.87. The summed E-state index contributed by atoms with van der Waals surface area (Å²) in [4.78, 5) is 0. The molecule has 0 bridgehead atoms. The second-order valence-corrected chi connectivity index (χ2v) is 3.87. The van der Waals surface area contributed by atoms with Gasteiger partial charge in [-0.3, -0.25) is 0 Å². The second kappa shape index (κ2) is 6.58. The zero-order chi connectivity index (χ0) is 13.5. The van der Waals surface area contributed by atoms with Crippen LogP contribution in [0.5, 0.6) is 5.75 Å². The molecule has 0 saturated carbocycles. The van der Waals surface area contributed by atoms with Gasteiger partial charge in [0.15, 0.2) is 0 Å². The lowest BCUT2D eigenvalue weighted by Gasteiger charge is -2.08. The molecule has 0 spiro atoms. The van der Waals surface area contributed by atoms with Crippen molar-refractivity contribution in [3.8, 4) is 17.6 Å². The zero-order valence-electron chi connectivity index (χ0n) is 10.3. The summed E-state index contributed by atoms with van der Waals surface area (Å²) in [5.41, 5.74) is 1.60. The fraction of sp³-hybridized carbons (Fsp3) is 0.125. The molecule has 0 aliphatic rings. The Hall–Kier alpha value is -2.31. The highest BCUT2D eigenvalue weighted by Crippen LogP contribution is 2.18. The van der Waals surface area contributed by atoms with Gasteiger partial charge >= 0.3 is 0 Å². The molecule has 2 aromatic rings. The molecule has 0 radical (unpaired) electrons. The van der Waals surface area contributed by atoms with E-state index < -0.39 is 0 Å². The number of hydrogen-bond acceptors (Lipinski definition) is 2. The van der Waals surface area contributed by atoms with Crippen molar-refractivity contribution in [2.45, 2.75) is 6.61 Å². The highest BCUT2D eigenvalue weighted by Gasteiger charge is 2.01. The third-order valence-electron chi connectivity index (χ3n) is 2.50. The SMILES string of the molecule is OCC#Cc1ccccc1OCc1ccc(F)cc1. The molecule has 3 heteroatoms. The third kappa shape index (κ3) is 3.84. The molecule has 96 valence electrons. The van der Waals surface area contributed by atoms with Gasteiger partial charge in [-0.2, -0.15) is 0 Å². The molecule has 0 saturated heterocycles. The summed E-state index contributed by atoms with van der Waals surface area (Å²) < 4.78 is 18.4. The maximum Gasteiger partial charge on any atom is 0.135 e. The monoisotopic (exact) mass is 256 g/mol. The lowest BCUT2D eigenvalue weighted by atomic mass is 10.2. The lowest BCUT2D eigenvalue weighted by Crippen LogP contribution is -1.97. The Morgan fingerprint density at radius 1 is 1.05 bits per heavy atom. The van der Waals surface area contributed by atoms with Crippen LogP contribution in [-0.2, 0) is 6.61 Å². The predicted molar refractivity (Wildman–Crippen MR) is 71.1 cm³/mol. The quantitative estimate of drug-likeness (QED) is 0.856. The fourth-order valence-corrected chi connectivity index (χ4v) is 1.57. The minimum atomic E-state index is -0.266. The Balaban J connectivity index is 2.09. The molecule has 0 unspecified atom stereocenters. The van der Waals surface area contributed by atoms with Gasteiger partial charge in [0.1, 0.15) is 24.8 Å². The Kier molecular flexibility index (Phi) is 4.54. The summed E-state index contributed by atoms with van der Waals surface area (Å²) >= 11 is 0. The van der Waals surface area contributed by atoms with Gasteiger partial charge in [-0.25, -0.2) is 4.39 Å². The van der Waals surface area contributed by atoms with Crippen LogP contribution >= 0.6 is 0 Å².